The number of rotatable bonds is 3. The first-order valence-corrected chi connectivity index (χ1v) is 4.77. The number of hydrogen-bond acceptors (Lipinski definition) is 4. The van der Waals surface area contributed by atoms with Crippen molar-refractivity contribution < 1.29 is 9.53 Å². The van der Waals surface area contributed by atoms with Gasteiger partial charge in [-0.25, -0.2) is 4.98 Å². The second kappa shape index (κ2) is 5.24. The zero-order valence-corrected chi connectivity index (χ0v) is 9.47. The van der Waals surface area contributed by atoms with Gasteiger partial charge in [0.15, 0.2) is 5.82 Å². The number of ether oxygens (including phenoxy) is 1. The first-order chi connectivity index (χ1) is 7.61. The Morgan fingerprint density at radius 2 is 2.38 bits per heavy atom. The molecule has 1 heterocycles. The Labute approximate surface area is 94.3 Å². The topological polar surface area (TPSA) is 66.2 Å². The monoisotopic (exact) mass is 219 g/mol. The van der Waals surface area contributed by atoms with Crippen molar-refractivity contribution in [3.63, 3.8) is 0 Å². The zero-order chi connectivity index (χ0) is 12.1. The maximum absolute atomic E-state index is 11.8. The Hall–Kier alpha value is -1.93. The molecule has 0 aliphatic carbocycles. The molecule has 0 fully saturated rings. The number of hydrogen-bond donors (Lipinski definition) is 0. The lowest BCUT2D eigenvalue weighted by molar-refractivity contribution is -0.127. The van der Waals surface area contributed by atoms with Gasteiger partial charge in [0.2, 0.25) is 0 Å². The van der Waals surface area contributed by atoms with Gasteiger partial charge in [0.05, 0.1) is 5.56 Å². The first-order valence-electron chi connectivity index (χ1n) is 4.77. The lowest BCUT2D eigenvalue weighted by Gasteiger charge is -2.20. The maximum Gasteiger partial charge on any atom is 0.256 e. The van der Waals surface area contributed by atoms with E-state index in [2.05, 4.69) is 4.98 Å². The van der Waals surface area contributed by atoms with E-state index in [4.69, 9.17) is 10.00 Å². The molecule has 5 nitrogen and oxygen atoms in total. The molecule has 5 heteroatoms. The highest BCUT2D eigenvalue weighted by Gasteiger charge is 2.20. The Balaban J connectivity index is 3.01. The van der Waals surface area contributed by atoms with Crippen LogP contribution >= 0.6 is 0 Å². The highest BCUT2D eigenvalue weighted by Crippen LogP contribution is 2.15. The number of amides is 1. The van der Waals surface area contributed by atoms with Crippen molar-refractivity contribution in [1.82, 2.24) is 4.98 Å². The van der Waals surface area contributed by atoms with E-state index in [1.807, 2.05) is 6.07 Å². The molecule has 1 rings (SSSR count). The van der Waals surface area contributed by atoms with Crippen LogP contribution in [0.25, 0.3) is 0 Å². The average Bonchev–Trinajstić information content (AvgIpc) is 2.35. The van der Waals surface area contributed by atoms with E-state index >= 15 is 0 Å². The summed E-state index contributed by atoms with van der Waals surface area (Å²) in [6, 6.07) is 5.26. The van der Waals surface area contributed by atoms with Gasteiger partial charge in [0.1, 0.15) is 12.2 Å². The first kappa shape index (κ1) is 12.1. The summed E-state index contributed by atoms with van der Waals surface area (Å²) in [6.07, 6.45) is 0.982. The predicted octanol–water partition coefficient (Wildman–Crippen LogP) is 0.951. The van der Waals surface area contributed by atoms with Crippen molar-refractivity contribution in [3.8, 4) is 6.07 Å². The van der Waals surface area contributed by atoms with Crippen LogP contribution < -0.4 is 4.90 Å². The fraction of sp³-hybridized carbons (Fsp3) is 0.364. The molecule has 1 aromatic rings. The van der Waals surface area contributed by atoms with Gasteiger partial charge in [0.25, 0.3) is 5.91 Å². The number of nitriles is 1. The van der Waals surface area contributed by atoms with E-state index in [9.17, 15) is 4.79 Å². The molecule has 0 unspecified atom stereocenters. The van der Waals surface area contributed by atoms with Crippen LogP contribution in [0.4, 0.5) is 5.82 Å². The standard InChI is InChI=1S/C11H13N3O2/c1-8(16-3)11(15)14(2)10-9(7-12)5-4-6-13-10/h4-6,8H,1-3H3/t8-/m0/s1. The van der Waals surface area contributed by atoms with Crippen LogP contribution in [-0.2, 0) is 9.53 Å². The Kier molecular flexibility index (Phi) is 3.97. The van der Waals surface area contributed by atoms with Gasteiger partial charge in [-0.1, -0.05) is 0 Å². The number of nitrogens with zero attached hydrogens (tertiary/aromatic N) is 3. The van der Waals surface area contributed by atoms with Gasteiger partial charge in [0, 0.05) is 20.4 Å². The van der Waals surface area contributed by atoms with E-state index in [-0.39, 0.29) is 5.91 Å². The smallest absolute Gasteiger partial charge is 0.256 e. The second-order valence-corrected chi connectivity index (χ2v) is 3.26. The third kappa shape index (κ3) is 2.35. The summed E-state index contributed by atoms with van der Waals surface area (Å²) in [6.45, 7) is 1.65. The van der Waals surface area contributed by atoms with Crippen LogP contribution in [0.5, 0.6) is 0 Å². The van der Waals surface area contributed by atoms with Gasteiger partial charge in [-0.05, 0) is 19.1 Å². The molecule has 0 N–H and O–H groups in total. The number of likely N-dealkylation sites (N-methyl/N-ethyl adjacent to an activating group) is 1. The fourth-order valence-electron chi connectivity index (χ4n) is 1.23. The molecular weight excluding hydrogens is 206 g/mol. The van der Waals surface area contributed by atoms with Crippen LogP contribution in [-0.4, -0.2) is 31.2 Å². The average molecular weight is 219 g/mol. The molecule has 0 saturated heterocycles. The third-order valence-corrected chi connectivity index (χ3v) is 2.26. The highest BCUT2D eigenvalue weighted by molar-refractivity contribution is 5.95. The maximum atomic E-state index is 11.8. The van der Waals surface area contributed by atoms with Crippen molar-refractivity contribution in [2.24, 2.45) is 0 Å². The highest BCUT2D eigenvalue weighted by atomic mass is 16.5. The zero-order valence-electron chi connectivity index (χ0n) is 9.47. The molecule has 0 radical (unpaired) electrons. The van der Waals surface area contributed by atoms with E-state index in [1.165, 1.54) is 18.2 Å². The van der Waals surface area contributed by atoms with Crippen molar-refractivity contribution in [2.75, 3.05) is 19.1 Å². The normalized spacial score (nSPS) is 11.6. The molecule has 0 spiro atoms. The van der Waals surface area contributed by atoms with Gasteiger partial charge in [-0.3, -0.25) is 9.69 Å². The minimum absolute atomic E-state index is 0.238. The molecule has 0 aromatic carbocycles. The molecular formula is C11H13N3O2. The molecule has 84 valence electrons. The van der Waals surface area contributed by atoms with Crippen LogP contribution in [0.2, 0.25) is 0 Å². The summed E-state index contributed by atoms with van der Waals surface area (Å²) in [4.78, 5) is 17.1. The Bertz CT molecular complexity index is 425. The summed E-state index contributed by atoms with van der Waals surface area (Å²) in [5.74, 6) is 0.108. The molecule has 16 heavy (non-hydrogen) atoms. The number of carbonyl (C=O) groups is 1. The van der Waals surface area contributed by atoms with Crippen LogP contribution in [0.3, 0.4) is 0 Å². The summed E-state index contributed by atoms with van der Waals surface area (Å²) < 4.78 is 4.93. The Morgan fingerprint density at radius 1 is 1.69 bits per heavy atom. The number of pyridine rings is 1. The number of anilines is 1. The number of aromatic nitrogens is 1. The van der Waals surface area contributed by atoms with Crippen molar-refractivity contribution in [1.29, 1.82) is 5.26 Å². The Morgan fingerprint density at radius 3 is 2.94 bits per heavy atom. The lowest BCUT2D eigenvalue weighted by Crippen LogP contribution is -2.36. The number of carbonyl (C=O) groups excluding carboxylic acids is 1. The summed E-state index contributed by atoms with van der Waals surface area (Å²) in [5.41, 5.74) is 0.363. The van der Waals surface area contributed by atoms with E-state index in [0.29, 0.717) is 11.4 Å². The molecule has 0 aliphatic heterocycles. The minimum atomic E-state index is -0.557. The van der Waals surface area contributed by atoms with Gasteiger partial charge in [-0.15, -0.1) is 0 Å². The number of methoxy groups -OCH3 is 1. The van der Waals surface area contributed by atoms with Crippen molar-refractivity contribution >= 4 is 11.7 Å². The third-order valence-electron chi connectivity index (χ3n) is 2.26. The summed E-state index contributed by atoms with van der Waals surface area (Å²) >= 11 is 0. The van der Waals surface area contributed by atoms with E-state index in [1.54, 1.807) is 26.1 Å². The largest absolute Gasteiger partial charge is 0.372 e. The van der Waals surface area contributed by atoms with Crippen LogP contribution in [0.1, 0.15) is 12.5 Å². The van der Waals surface area contributed by atoms with Crippen molar-refractivity contribution in [2.45, 2.75) is 13.0 Å². The minimum Gasteiger partial charge on any atom is -0.372 e. The van der Waals surface area contributed by atoms with Gasteiger partial charge in [-0.2, -0.15) is 5.26 Å². The quantitative estimate of drug-likeness (QED) is 0.759. The predicted molar refractivity (Wildman–Crippen MR) is 58.8 cm³/mol. The molecule has 0 aliphatic rings. The molecule has 1 atom stereocenters. The summed E-state index contributed by atoms with van der Waals surface area (Å²) in [7, 11) is 3.03. The molecule has 1 aromatic heterocycles. The van der Waals surface area contributed by atoms with Gasteiger partial charge < -0.3 is 4.74 Å². The second-order valence-electron chi connectivity index (χ2n) is 3.26. The van der Waals surface area contributed by atoms with E-state index in [0.717, 1.165) is 0 Å². The summed E-state index contributed by atoms with van der Waals surface area (Å²) in [5, 5.41) is 8.89. The van der Waals surface area contributed by atoms with Crippen LogP contribution in [0.15, 0.2) is 18.3 Å². The lowest BCUT2D eigenvalue weighted by atomic mass is 10.2. The van der Waals surface area contributed by atoms with Gasteiger partial charge >= 0.3 is 0 Å². The molecule has 0 bridgehead atoms. The van der Waals surface area contributed by atoms with Crippen molar-refractivity contribution in [3.05, 3.63) is 23.9 Å². The van der Waals surface area contributed by atoms with E-state index < -0.39 is 6.10 Å². The fourth-order valence-corrected chi connectivity index (χ4v) is 1.23. The molecule has 0 saturated carbocycles. The SMILES string of the molecule is CO[C@@H](C)C(=O)N(C)c1ncccc1C#N. The molecule has 1 amide bonds. The van der Waals surface area contributed by atoms with Crippen LogP contribution in [0, 0.1) is 11.3 Å².